The molecule has 5 unspecified atom stereocenters. The molecule has 0 spiro atoms. The fourth-order valence-corrected chi connectivity index (χ4v) is 6.94. The Labute approximate surface area is 251 Å². The summed E-state index contributed by atoms with van der Waals surface area (Å²) in [6.45, 7) is 5.49. The highest BCUT2D eigenvalue weighted by Gasteiger charge is 2.52. The first kappa shape index (κ1) is 29.4. The van der Waals surface area contributed by atoms with E-state index in [0.717, 1.165) is 24.3 Å². The third-order valence-corrected chi connectivity index (χ3v) is 9.09. The minimum atomic E-state index is -1.20. The fourth-order valence-electron chi connectivity index (χ4n) is 6.94. The molecule has 2 aliphatic heterocycles. The second-order valence-corrected chi connectivity index (χ2v) is 12.7. The summed E-state index contributed by atoms with van der Waals surface area (Å²) in [5.74, 6) is -5.34. The minimum absolute atomic E-state index is 0.111. The molecule has 1 fully saturated rings. The van der Waals surface area contributed by atoms with E-state index in [0.29, 0.717) is 36.1 Å². The quantitative estimate of drug-likeness (QED) is 0.153. The maximum Gasteiger partial charge on any atom is 0.338 e. The molecule has 5 atom stereocenters. The molecule has 1 saturated carbocycles. The van der Waals surface area contributed by atoms with Crippen molar-refractivity contribution in [2.75, 3.05) is 0 Å². The molecule has 0 radical (unpaired) electrons. The number of phenols is 7. The highest BCUT2D eigenvalue weighted by molar-refractivity contribution is 5.91. The molecule has 3 aliphatic rings. The number of phenolic OH excluding ortho intramolecular Hbond substituents is 7. The SMILES string of the molecule is CC12CCC(C(C)(C)O)C(C1)c1c(cc(O)c3c1OC(c1cc(O)c(O)c(O)c1)C(OC(=O)c1cc(O)c(O)c(O)c1)C3)O2. The molecule has 234 valence electrons. The van der Waals surface area contributed by atoms with E-state index < -0.39 is 63.9 Å². The zero-order valence-corrected chi connectivity index (χ0v) is 24.2. The van der Waals surface area contributed by atoms with E-state index in [2.05, 4.69) is 0 Å². The summed E-state index contributed by atoms with van der Waals surface area (Å²) in [5.41, 5.74) is -0.809. The van der Waals surface area contributed by atoms with Gasteiger partial charge < -0.3 is 55.1 Å². The van der Waals surface area contributed by atoms with Gasteiger partial charge in [0, 0.05) is 35.1 Å². The third kappa shape index (κ3) is 4.79. The number of ether oxygens (including phenoxy) is 3. The van der Waals surface area contributed by atoms with Gasteiger partial charge in [0.15, 0.2) is 40.6 Å². The number of aliphatic hydroxyl groups is 1. The third-order valence-electron chi connectivity index (χ3n) is 9.09. The van der Waals surface area contributed by atoms with Gasteiger partial charge in [-0.25, -0.2) is 4.79 Å². The number of hydrogen-bond acceptors (Lipinski definition) is 12. The average molecular weight is 611 g/mol. The molecule has 0 saturated heterocycles. The maximum absolute atomic E-state index is 13.2. The lowest BCUT2D eigenvalue weighted by Gasteiger charge is -2.51. The fraction of sp³-hybridized carbons (Fsp3) is 0.406. The van der Waals surface area contributed by atoms with Crippen LogP contribution in [0.5, 0.6) is 51.7 Å². The first-order valence-corrected chi connectivity index (χ1v) is 14.2. The molecule has 8 N–H and O–H groups in total. The lowest BCUT2D eigenvalue weighted by Crippen LogP contribution is -2.49. The van der Waals surface area contributed by atoms with Crippen molar-refractivity contribution in [3.63, 3.8) is 0 Å². The van der Waals surface area contributed by atoms with Crippen LogP contribution in [0.2, 0.25) is 0 Å². The molecule has 0 amide bonds. The molecule has 2 bridgehead atoms. The van der Waals surface area contributed by atoms with Gasteiger partial charge in [0.2, 0.25) is 0 Å². The van der Waals surface area contributed by atoms with E-state index in [1.165, 1.54) is 6.07 Å². The summed E-state index contributed by atoms with van der Waals surface area (Å²) in [6, 6.07) is 5.59. The highest BCUT2D eigenvalue weighted by Crippen LogP contribution is 2.60. The summed E-state index contributed by atoms with van der Waals surface area (Å²) in [5, 5.41) is 82.4. The normalized spacial score (nSPS) is 25.6. The van der Waals surface area contributed by atoms with Gasteiger partial charge in [-0.05, 0) is 70.2 Å². The zero-order chi connectivity index (χ0) is 31.9. The van der Waals surface area contributed by atoms with E-state index in [9.17, 15) is 45.6 Å². The Morgan fingerprint density at radius 3 is 2.09 bits per heavy atom. The van der Waals surface area contributed by atoms with E-state index in [1.54, 1.807) is 13.8 Å². The van der Waals surface area contributed by atoms with Crippen molar-refractivity contribution in [1.29, 1.82) is 0 Å². The van der Waals surface area contributed by atoms with Crippen LogP contribution in [0.25, 0.3) is 0 Å². The molecule has 1 aliphatic carbocycles. The predicted octanol–water partition coefficient (Wildman–Crippen LogP) is 4.33. The van der Waals surface area contributed by atoms with Gasteiger partial charge in [0.25, 0.3) is 0 Å². The van der Waals surface area contributed by atoms with Crippen molar-refractivity contribution in [3.8, 4) is 51.7 Å². The molecule has 0 aromatic heterocycles. The van der Waals surface area contributed by atoms with Crippen LogP contribution in [0.3, 0.4) is 0 Å². The van der Waals surface area contributed by atoms with Crippen LogP contribution < -0.4 is 9.47 Å². The number of aromatic hydroxyl groups is 7. The second-order valence-electron chi connectivity index (χ2n) is 12.7. The molecule has 12 nitrogen and oxygen atoms in total. The predicted molar refractivity (Wildman–Crippen MR) is 153 cm³/mol. The van der Waals surface area contributed by atoms with Crippen LogP contribution in [0, 0.1) is 5.92 Å². The van der Waals surface area contributed by atoms with E-state index in [4.69, 9.17) is 14.2 Å². The number of rotatable bonds is 4. The first-order chi connectivity index (χ1) is 20.6. The Morgan fingerprint density at radius 1 is 0.909 bits per heavy atom. The van der Waals surface area contributed by atoms with Crippen LogP contribution in [0.15, 0.2) is 30.3 Å². The van der Waals surface area contributed by atoms with Crippen molar-refractivity contribution in [3.05, 3.63) is 52.6 Å². The Balaban J connectivity index is 1.48. The van der Waals surface area contributed by atoms with Gasteiger partial charge in [0.1, 0.15) is 29.0 Å². The molecular weight excluding hydrogens is 576 g/mol. The number of benzene rings is 3. The van der Waals surface area contributed by atoms with Crippen molar-refractivity contribution >= 4 is 5.97 Å². The Morgan fingerprint density at radius 2 is 1.50 bits per heavy atom. The molecule has 3 aromatic carbocycles. The monoisotopic (exact) mass is 610 g/mol. The summed E-state index contributed by atoms with van der Waals surface area (Å²) in [6.07, 6.45) is -0.563. The molecule has 2 heterocycles. The number of hydrogen-bond donors (Lipinski definition) is 8. The molecule has 6 rings (SSSR count). The van der Waals surface area contributed by atoms with Gasteiger partial charge in [-0.1, -0.05) is 0 Å². The molecule has 44 heavy (non-hydrogen) atoms. The molecule has 12 heteroatoms. The van der Waals surface area contributed by atoms with Crippen LogP contribution in [0.4, 0.5) is 0 Å². The number of fused-ring (bicyclic) bond motifs is 6. The van der Waals surface area contributed by atoms with Crippen molar-refractivity contribution in [1.82, 2.24) is 0 Å². The average Bonchev–Trinajstić information content (AvgIpc) is 2.93. The van der Waals surface area contributed by atoms with Crippen molar-refractivity contribution in [2.24, 2.45) is 5.92 Å². The van der Waals surface area contributed by atoms with E-state index >= 15 is 0 Å². The van der Waals surface area contributed by atoms with E-state index in [-0.39, 0.29) is 40.9 Å². The number of carbonyl (C=O) groups is 1. The van der Waals surface area contributed by atoms with Crippen LogP contribution in [-0.4, -0.2) is 64.1 Å². The van der Waals surface area contributed by atoms with Crippen molar-refractivity contribution in [2.45, 2.75) is 75.8 Å². The van der Waals surface area contributed by atoms with Crippen LogP contribution in [0.1, 0.15) is 79.1 Å². The highest BCUT2D eigenvalue weighted by atomic mass is 16.6. The maximum atomic E-state index is 13.2. The van der Waals surface area contributed by atoms with Crippen LogP contribution in [-0.2, 0) is 11.2 Å². The van der Waals surface area contributed by atoms with E-state index in [1.807, 2.05) is 6.92 Å². The molecular formula is C32H34O12. The summed E-state index contributed by atoms with van der Waals surface area (Å²) in [4.78, 5) is 13.2. The topological polar surface area (TPSA) is 207 Å². The van der Waals surface area contributed by atoms with Crippen LogP contribution >= 0.6 is 0 Å². The second kappa shape index (κ2) is 9.91. The van der Waals surface area contributed by atoms with Gasteiger partial charge in [0.05, 0.1) is 11.2 Å². The van der Waals surface area contributed by atoms with Gasteiger partial charge >= 0.3 is 5.97 Å². The van der Waals surface area contributed by atoms with Gasteiger partial charge in [-0.3, -0.25) is 0 Å². The lowest BCUT2D eigenvalue weighted by molar-refractivity contribution is -0.0685. The Kier molecular flexibility index (Phi) is 6.62. The summed E-state index contributed by atoms with van der Waals surface area (Å²) < 4.78 is 18.7. The number of esters is 1. The van der Waals surface area contributed by atoms with Crippen molar-refractivity contribution < 1.29 is 59.9 Å². The number of carbonyl (C=O) groups excluding carboxylic acids is 1. The summed E-state index contributed by atoms with van der Waals surface area (Å²) >= 11 is 0. The Hall–Kier alpha value is -4.71. The smallest absolute Gasteiger partial charge is 0.338 e. The minimum Gasteiger partial charge on any atom is -0.507 e. The zero-order valence-electron chi connectivity index (χ0n) is 24.2. The molecule has 3 aromatic rings. The van der Waals surface area contributed by atoms with Gasteiger partial charge in [-0.15, -0.1) is 0 Å². The van der Waals surface area contributed by atoms with Gasteiger partial charge in [-0.2, -0.15) is 0 Å². The first-order valence-electron chi connectivity index (χ1n) is 14.2. The largest absolute Gasteiger partial charge is 0.507 e. The summed E-state index contributed by atoms with van der Waals surface area (Å²) in [7, 11) is 0. The Bertz CT molecular complexity index is 1630. The lowest BCUT2D eigenvalue weighted by atomic mass is 9.62. The standard InChI is InChI=1S/C32H34O12/c1-31(2,41)17-4-5-32(3)12-16(17)25-23(44-32)11-18(33)15-10-24(42-30(40)14-8-21(36)27(39)22(37)9-14)28(43-29(15)25)13-6-19(34)26(38)20(35)7-13/h6-9,11,16-17,24,28,33-39,41H,4-5,10,12H2,1-3H3.